The zero-order valence-corrected chi connectivity index (χ0v) is 15.5. The van der Waals surface area contributed by atoms with Crippen molar-refractivity contribution in [1.29, 1.82) is 0 Å². The maximum atomic E-state index is 2.47. The molecule has 0 saturated carbocycles. The Morgan fingerprint density at radius 2 is 0.905 bits per heavy atom. The van der Waals surface area contributed by atoms with Crippen LogP contribution >= 0.6 is 0 Å². The van der Waals surface area contributed by atoms with Crippen molar-refractivity contribution in [3.05, 3.63) is 0 Å². The predicted molar refractivity (Wildman–Crippen MR) is 97.1 cm³/mol. The van der Waals surface area contributed by atoms with Crippen LogP contribution in [0.5, 0.6) is 0 Å². The summed E-state index contributed by atoms with van der Waals surface area (Å²) in [6, 6.07) is 0. The van der Waals surface area contributed by atoms with Crippen molar-refractivity contribution in [2.75, 3.05) is 40.8 Å². The molecule has 0 radical (unpaired) electrons. The van der Waals surface area contributed by atoms with Crippen LogP contribution in [0, 0.1) is 0 Å². The fourth-order valence-electron chi connectivity index (χ4n) is 2.71. The Balaban J connectivity index is 3.08. The van der Waals surface area contributed by atoms with Gasteiger partial charge < -0.3 is 9.80 Å². The third-order valence-electron chi connectivity index (χ3n) is 4.32. The standard InChI is InChI=1S/C19H42N2/c1-5-6-7-8-9-10-11-12-13-14-15-16-17-21(4)19-18-20(2)3/h5-19H2,1-4H3. The second-order valence-electron chi connectivity index (χ2n) is 7.00. The number of unbranched alkanes of at least 4 members (excludes halogenated alkanes) is 11. The van der Waals surface area contributed by atoms with Crippen LogP contribution in [0.15, 0.2) is 0 Å². The van der Waals surface area contributed by atoms with Crippen molar-refractivity contribution >= 4 is 0 Å². The van der Waals surface area contributed by atoms with Crippen LogP contribution in [-0.2, 0) is 0 Å². The van der Waals surface area contributed by atoms with E-state index in [4.69, 9.17) is 0 Å². The Labute approximate surface area is 135 Å². The van der Waals surface area contributed by atoms with Crippen molar-refractivity contribution in [1.82, 2.24) is 9.80 Å². The lowest BCUT2D eigenvalue weighted by Gasteiger charge is -2.19. The lowest BCUT2D eigenvalue weighted by Crippen LogP contribution is -2.29. The molecule has 2 heteroatoms. The van der Waals surface area contributed by atoms with E-state index in [-0.39, 0.29) is 0 Å². The molecule has 0 aliphatic carbocycles. The maximum Gasteiger partial charge on any atom is 0.0106 e. The van der Waals surface area contributed by atoms with E-state index in [2.05, 4.69) is 37.9 Å². The Kier molecular flexibility index (Phi) is 16.2. The highest BCUT2D eigenvalue weighted by Crippen LogP contribution is 2.11. The van der Waals surface area contributed by atoms with E-state index in [0.717, 1.165) is 0 Å². The van der Waals surface area contributed by atoms with Gasteiger partial charge in [0, 0.05) is 13.1 Å². The van der Waals surface area contributed by atoms with Gasteiger partial charge in [-0.25, -0.2) is 0 Å². The molecule has 21 heavy (non-hydrogen) atoms. The first-order chi connectivity index (χ1) is 10.2. The van der Waals surface area contributed by atoms with E-state index in [1.165, 1.54) is 96.7 Å². The first-order valence-corrected chi connectivity index (χ1v) is 9.50. The molecule has 0 spiro atoms. The van der Waals surface area contributed by atoms with E-state index < -0.39 is 0 Å². The molecule has 128 valence electrons. The fraction of sp³-hybridized carbons (Fsp3) is 1.00. The molecular weight excluding hydrogens is 256 g/mol. The third-order valence-corrected chi connectivity index (χ3v) is 4.32. The molecular formula is C19H42N2. The molecule has 0 aliphatic heterocycles. The Morgan fingerprint density at radius 3 is 1.33 bits per heavy atom. The zero-order valence-electron chi connectivity index (χ0n) is 15.5. The summed E-state index contributed by atoms with van der Waals surface area (Å²) in [6.45, 7) is 5.94. The molecule has 0 unspecified atom stereocenters. The molecule has 0 aromatic heterocycles. The van der Waals surface area contributed by atoms with Gasteiger partial charge in [0.25, 0.3) is 0 Å². The van der Waals surface area contributed by atoms with Gasteiger partial charge in [0.1, 0.15) is 0 Å². The molecule has 0 fully saturated rings. The van der Waals surface area contributed by atoms with Crippen LogP contribution in [-0.4, -0.2) is 50.6 Å². The number of likely N-dealkylation sites (N-methyl/N-ethyl adjacent to an activating group) is 2. The Bertz CT molecular complexity index is 192. The quantitative estimate of drug-likeness (QED) is 0.362. The van der Waals surface area contributed by atoms with Gasteiger partial charge >= 0.3 is 0 Å². The van der Waals surface area contributed by atoms with Gasteiger partial charge in [-0.1, -0.05) is 77.6 Å². The lowest BCUT2D eigenvalue weighted by molar-refractivity contribution is 0.277. The summed E-state index contributed by atoms with van der Waals surface area (Å²) in [5.74, 6) is 0. The highest BCUT2D eigenvalue weighted by molar-refractivity contribution is 4.55. The second-order valence-corrected chi connectivity index (χ2v) is 7.00. The van der Waals surface area contributed by atoms with Crippen molar-refractivity contribution in [3.63, 3.8) is 0 Å². The van der Waals surface area contributed by atoms with Gasteiger partial charge in [-0.3, -0.25) is 0 Å². The van der Waals surface area contributed by atoms with Crippen LogP contribution in [0.4, 0.5) is 0 Å². The topological polar surface area (TPSA) is 6.48 Å². The molecule has 0 aliphatic rings. The Hall–Kier alpha value is -0.0800. The first kappa shape index (κ1) is 20.9. The van der Waals surface area contributed by atoms with E-state index in [9.17, 15) is 0 Å². The molecule has 0 saturated heterocycles. The van der Waals surface area contributed by atoms with Crippen LogP contribution < -0.4 is 0 Å². The average Bonchev–Trinajstić information content (AvgIpc) is 2.46. The molecule has 0 amide bonds. The number of hydrogen-bond acceptors (Lipinski definition) is 2. The molecule has 0 aromatic carbocycles. The number of nitrogens with zero attached hydrogens (tertiary/aromatic N) is 2. The van der Waals surface area contributed by atoms with Crippen LogP contribution in [0.25, 0.3) is 0 Å². The molecule has 0 N–H and O–H groups in total. The first-order valence-electron chi connectivity index (χ1n) is 9.50. The highest BCUT2D eigenvalue weighted by atomic mass is 15.1. The molecule has 0 aromatic rings. The summed E-state index contributed by atoms with van der Waals surface area (Å²) < 4.78 is 0. The minimum atomic E-state index is 1.18. The van der Waals surface area contributed by atoms with E-state index in [1.54, 1.807) is 0 Å². The van der Waals surface area contributed by atoms with Gasteiger partial charge in [0.05, 0.1) is 0 Å². The molecule has 0 atom stereocenters. The van der Waals surface area contributed by atoms with Crippen LogP contribution in [0.3, 0.4) is 0 Å². The normalized spacial score (nSPS) is 11.7. The predicted octanol–water partition coefficient (Wildman–Crippen LogP) is 5.18. The summed E-state index contributed by atoms with van der Waals surface area (Å²) in [7, 11) is 6.55. The minimum Gasteiger partial charge on any atom is -0.308 e. The van der Waals surface area contributed by atoms with E-state index >= 15 is 0 Å². The van der Waals surface area contributed by atoms with Crippen LogP contribution in [0.1, 0.15) is 84.0 Å². The SMILES string of the molecule is CCCCCCCCCCCCCCN(C)CCN(C)C. The number of rotatable bonds is 16. The fourth-order valence-corrected chi connectivity index (χ4v) is 2.71. The van der Waals surface area contributed by atoms with Crippen molar-refractivity contribution in [2.24, 2.45) is 0 Å². The molecule has 0 bridgehead atoms. The molecule has 0 rings (SSSR count). The summed E-state index contributed by atoms with van der Waals surface area (Å²) in [4.78, 5) is 4.73. The van der Waals surface area contributed by atoms with Crippen molar-refractivity contribution < 1.29 is 0 Å². The van der Waals surface area contributed by atoms with Gasteiger partial charge in [-0.2, -0.15) is 0 Å². The summed E-state index contributed by atoms with van der Waals surface area (Å²) in [5, 5.41) is 0. The van der Waals surface area contributed by atoms with E-state index in [0.29, 0.717) is 0 Å². The average molecular weight is 299 g/mol. The molecule has 0 heterocycles. The summed E-state index contributed by atoms with van der Waals surface area (Å²) in [5.41, 5.74) is 0. The maximum absolute atomic E-state index is 2.47. The van der Waals surface area contributed by atoms with Gasteiger partial charge in [0.15, 0.2) is 0 Å². The summed E-state index contributed by atoms with van der Waals surface area (Å²) in [6.07, 6.45) is 17.3. The van der Waals surface area contributed by atoms with Gasteiger partial charge in [-0.15, -0.1) is 0 Å². The van der Waals surface area contributed by atoms with Crippen molar-refractivity contribution in [3.8, 4) is 0 Å². The van der Waals surface area contributed by atoms with Gasteiger partial charge in [-0.05, 0) is 34.1 Å². The highest BCUT2D eigenvalue weighted by Gasteiger charge is 1.99. The zero-order chi connectivity index (χ0) is 15.8. The molecule has 2 nitrogen and oxygen atoms in total. The van der Waals surface area contributed by atoms with E-state index in [1.807, 2.05) is 0 Å². The second kappa shape index (κ2) is 16.3. The minimum absolute atomic E-state index is 1.18. The van der Waals surface area contributed by atoms with Crippen molar-refractivity contribution in [2.45, 2.75) is 84.0 Å². The van der Waals surface area contributed by atoms with Crippen LogP contribution in [0.2, 0.25) is 0 Å². The number of hydrogen-bond donors (Lipinski definition) is 0. The smallest absolute Gasteiger partial charge is 0.0106 e. The monoisotopic (exact) mass is 298 g/mol. The summed E-state index contributed by atoms with van der Waals surface area (Å²) >= 11 is 0. The lowest BCUT2D eigenvalue weighted by atomic mass is 10.1. The third kappa shape index (κ3) is 17.9. The van der Waals surface area contributed by atoms with Gasteiger partial charge in [0.2, 0.25) is 0 Å². The Morgan fingerprint density at radius 1 is 0.476 bits per heavy atom. The largest absolute Gasteiger partial charge is 0.308 e.